The lowest BCUT2D eigenvalue weighted by Gasteiger charge is -2.01. The molecule has 0 spiro atoms. The van der Waals surface area contributed by atoms with E-state index in [1.807, 2.05) is 12.1 Å². The van der Waals surface area contributed by atoms with Crippen molar-refractivity contribution in [2.75, 3.05) is 18.7 Å². The lowest BCUT2D eigenvalue weighted by molar-refractivity contribution is 0.415. The summed E-state index contributed by atoms with van der Waals surface area (Å²) < 4.78 is 5.07. The van der Waals surface area contributed by atoms with Gasteiger partial charge in [0.1, 0.15) is 5.75 Å². The molecule has 0 amide bonds. The van der Waals surface area contributed by atoms with Gasteiger partial charge in [-0.3, -0.25) is 0 Å². The molecule has 2 nitrogen and oxygen atoms in total. The number of halogens is 1. The van der Waals surface area contributed by atoms with Crippen LogP contribution in [0.4, 0.5) is 5.69 Å². The van der Waals surface area contributed by atoms with Crippen LogP contribution in [0.25, 0.3) is 0 Å². The van der Waals surface area contributed by atoms with Gasteiger partial charge in [-0.15, -0.1) is 11.6 Å². The van der Waals surface area contributed by atoms with Gasteiger partial charge in [0.2, 0.25) is 0 Å². The molecule has 0 bridgehead atoms. The fourth-order valence-corrected chi connectivity index (χ4v) is 1.12. The number of nitrogens with two attached hydrogens (primary N) is 1. The van der Waals surface area contributed by atoms with Crippen molar-refractivity contribution in [2.24, 2.45) is 0 Å². The first kappa shape index (κ1) is 10.7. The molecule has 14 heavy (non-hydrogen) atoms. The van der Waals surface area contributed by atoms with Crippen LogP contribution in [0.3, 0.4) is 0 Å². The van der Waals surface area contributed by atoms with E-state index in [9.17, 15) is 0 Å². The van der Waals surface area contributed by atoms with E-state index in [4.69, 9.17) is 22.1 Å². The summed E-state index contributed by atoms with van der Waals surface area (Å²) >= 11 is 5.51. The third-order valence-corrected chi connectivity index (χ3v) is 1.81. The topological polar surface area (TPSA) is 35.2 Å². The highest BCUT2D eigenvalue weighted by Crippen LogP contribution is 2.17. The molecule has 1 aromatic rings. The number of methoxy groups -OCH3 is 1. The molecule has 1 rings (SSSR count). The SMILES string of the molecule is COc1cc(N)cc(C#CCCCl)c1. The fraction of sp³-hybridized carbons (Fsp3) is 0.273. The van der Waals surface area contributed by atoms with Crippen molar-refractivity contribution in [2.45, 2.75) is 6.42 Å². The molecule has 0 aliphatic rings. The van der Waals surface area contributed by atoms with Crippen LogP contribution in [-0.4, -0.2) is 13.0 Å². The Bertz CT molecular complexity index is 365. The van der Waals surface area contributed by atoms with Gasteiger partial charge in [0, 0.05) is 29.6 Å². The molecule has 0 atom stereocenters. The van der Waals surface area contributed by atoms with Crippen LogP contribution in [0.2, 0.25) is 0 Å². The van der Waals surface area contributed by atoms with Crippen molar-refractivity contribution < 1.29 is 4.74 Å². The van der Waals surface area contributed by atoms with Crippen molar-refractivity contribution in [3.05, 3.63) is 23.8 Å². The number of benzene rings is 1. The van der Waals surface area contributed by atoms with Crippen molar-refractivity contribution in [1.29, 1.82) is 0 Å². The molecule has 0 aliphatic heterocycles. The van der Waals surface area contributed by atoms with E-state index in [0.29, 0.717) is 18.0 Å². The molecule has 2 N–H and O–H groups in total. The molecule has 0 radical (unpaired) electrons. The summed E-state index contributed by atoms with van der Waals surface area (Å²) in [7, 11) is 1.60. The zero-order chi connectivity index (χ0) is 10.4. The zero-order valence-electron chi connectivity index (χ0n) is 8.01. The summed E-state index contributed by atoms with van der Waals surface area (Å²) in [5, 5.41) is 0. The van der Waals surface area contributed by atoms with Crippen LogP contribution >= 0.6 is 11.6 Å². The predicted molar refractivity (Wildman–Crippen MR) is 59.6 cm³/mol. The van der Waals surface area contributed by atoms with E-state index in [-0.39, 0.29) is 0 Å². The van der Waals surface area contributed by atoms with Gasteiger partial charge in [0.15, 0.2) is 0 Å². The fourth-order valence-electron chi connectivity index (χ4n) is 1.02. The standard InChI is InChI=1S/C11H12ClNO/c1-14-11-7-9(4-2-3-5-12)6-10(13)8-11/h6-8H,3,5,13H2,1H3. The molecule has 0 heterocycles. The largest absolute Gasteiger partial charge is 0.497 e. The Hall–Kier alpha value is -1.33. The van der Waals surface area contributed by atoms with Crippen LogP contribution in [0.1, 0.15) is 12.0 Å². The molecule has 0 fully saturated rings. The van der Waals surface area contributed by atoms with Crippen LogP contribution < -0.4 is 10.5 Å². The number of rotatable bonds is 2. The Labute approximate surface area is 89.0 Å². The van der Waals surface area contributed by atoms with E-state index >= 15 is 0 Å². The zero-order valence-corrected chi connectivity index (χ0v) is 8.77. The van der Waals surface area contributed by atoms with Crippen molar-refractivity contribution in [3.8, 4) is 17.6 Å². The Morgan fingerprint density at radius 1 is 1.43 bits per heavy atom. The summed E-state index contributed by atoms with van der Waals surface area (Å²) in [6.45, 7) is 0. The van der Waals surface area contributed by atoms with Crippen molar-refractivity contribution >= 4 is 17.3 Å². The first-order valence-electron chi connectivity index (χ1n) is 4.25. The quantitative estimate of drug-likeness (QED) is 0.461. The van der Waals surface area contributed by atoms with Crippen LogP contribution in [0.15, 0.2) is 18.2 Å². The third kappa shape index (κ3) is 3.20. The highest BCUT2D eigenvalue weighted by molar-refractivity contribution is 6.18. The highest BCUT2D eigenvalue weighted by atomic mass is 35.5. The maximum atomic E-state index is 5.67. The summed E-state index contributed by atoms with van der Waals surface area (Å²) in [4.78, 5) is 0. The maximum absolute atomic E-state index is 5.67. The molecular formula is C11H12ClNO. The lowest BCUT2D eigenvalue weighted by Crippen LogP contribution is -1.89. The van der Waals surface area contributed by atoms with Crippen LogP contribution in [-0.2, 0) is 0 Å². The van der Waals surface area contributed by atoms with Crippen molar-refractivity contribution in [3.63, 3.8) is 0 Å². The Balaban J connectivity index is 2.88. The summed E-state index contributed by atoms with van der Waals surface area (Å²) in [5.41, 5.74) is 7.17. The van der Waals surface area contributed by atoms with E-state index in [2.05, 4.69) is 11.8 Å². The van der Waals surface area contributed by atoms with E-state index in [1.54, 1.807) is 13.2 Å². The number of alkyl halides is 1. The minimum absolute atomic E-state index is 0.548. The summed E-state index contributed by atoms with van der Waals surface area (Å²) in [5.74, 6) is 7.17. The van der Waals surface area contributed by atoms with E-state index in [0.717, 1.165) is 11.3 Å². The highest BCUT2D eigenvalue weighted by Gasteiger charge is 1.95. The molecule has 0 aliphatic carbocycles. The minimum Gasteiger partial charge on any atom is -0.497 e. The number of anilines is 1. The van der Waals surface area contributed by atoms with Gasteiger partial charge in [-0.2, -0.15) is 0 Å². The average molecular weight is 210 g/mol. The number of hydrogen-bond donors (Lipinski definition) is 1. The molecule has 74 valence electrons. The maximum Gasteiger partial charge on any atom is 0.122 e. The first-order chi connectivity index (χ1) is 6.76. The number of ether oxygens (including phenoxy) is 1. The molecule has 3 heteroatoms. The van der Waals surface area contributed by atoms with Crippen LogP contribution in [0, 0.1) is 11.8 Å². The second-order valence-corrected chi connectivity index (χ2v) is 3.11. The van der Waals surface area contributed by atoms with Gasteiger partial charge in [0.05, 0.1) is 7.11 Å². The number of hydrogen-bond acceptors (Lipinski definition) is 2. The van der Waals surface area contributed by atoms with Crippen molar-refractivity contribution in [1.82, 2.24) is 0 Å². The van der Waals surface area contributed by atoms with Gasteiger partial charge in [-0.05, 0) is 12.1 Å². The van der Waals surface area contributed by atoms with Gasteiger partial charge in [-0.25, -0.2) is 0 Å². The van der Waals surface area contributed by atoms with Gasteiger partial charge in [-0.1, -0.05) is 11.8 Å². The molecule has 0 saturated heterocycles. The minimum atomic E-state index is 0.548. The Morgan fingerprint density at radius 2 is 2.21 bits per heavy atom. The second-order valence-electron chi connectivity index (χ2n) is 2.74. The molecule has 0 aromatic heterocycles. The molecular weight excluding hydrogens is 198 g/mol. The Morgan fingerprint density at radius 3 is 2.86 bits per heavy atom. The molecule has 1 aromatic carbocycles. The van der Waals surface area contributed by atoms with Gasteiger partial charge in [0.25, 0.3) is 0 Å². The van der Waals surface area contributed by atoms with Gasteiger partial charge < -0.3 is 10.5 Å². The van der Waals surface area contributed by atoms with E-state index < -0.39 is 0 Å². The van der Waals surface area contributed by atoms with E-state index in [1.165, 1.54) is 0 Å². The number of nitrogen functional groups attached to an aromatic ring is 1. The Kier molecular flexibility index (Phi) is 4.15. The predicted octanol–water partition coefficient (Wildman–Crippen LogP) is 2.26. The second kappa shape index (κ2) is 5.41. The molecule has 0 saturated carbocycles. The summed E-state index contributed by atoms with van der Waals surface area (Å²) in [6, 6.07) is 5.41. The first-order valence-corrected chi connectivity index (χ1v) is 4.79. The summed E-state index contributed by atoms with van der Waals surface area (Å²) in [6.07, 6.45) is 0.679. The average Bonchev–Trinajstić information content (AvgIpc) is 2.17. The van der Waals surface area contributed by atoms with Crippen LogP contribution in [0.5, 0.6) is 5.75 Å². The molecule has 0 unspecified atom stereocenters. The normalized spacial score (nSPS) is 9.00. The van der Waals surface area contributed by atoms with Gasteiger partial charge >= 0.3 is 0 Å². The third-order valence-electron chi connectivity index (χ3n) is 1.62. The lowest BCUT2D eigenvalue weighted by atomic mass is 10.2. The smallest absolute Gasteiger partial charge is 0.122 e. The monoisotopic (exact) mass is 209 g/mol.